The van der Waals surface area contributed by atoms with Gasteiger partial charge in [-0.2, -0.15) is 0 Å². The molecule has 0 saturated carbocycles. The number of amides is 2. The summed E-state index contributed by atoms with van der Waals surface area (Å²) in [5, 5.41) is 0. The van der Waals surface area contributed by atoms with E-state index in [0.29, 0.717) is 45.2 Å². The molecule has 0 bridgehead atoms. The molecular weight excluding hydrogens is 599 g/mol. The van der Waals surface area contributed by atoms with Gasteiger partial charge in [0.1, 0.15) is 18.1 Å². The second-order valence-electron chi connectivity index (χ2n) is 14.5. The zero-order valence-electron chi connectivity index (χ0n) is 29.1. The van der Waals surface area contributed by atoms with Gasteiger partial charge in [0, 0.05) is 66.7 Å². The Morgan fingerprint density at radius 3 is 2.33 bits per heavy atom. The van der Waals surface area contributed by atoms with Gasteiger partial charge in [0.2, 0.25) is 5.82 Å². The number of carbonyl (C=O) groups excluding carboxylic acids is 2. The van der Waals surface area contributed by atoms with Crippen LogP contribution in [0.15, 0.2) is 42.5 Å². The van der Waals surface area contributed by atoms with Crippen molar-refractivity contribution >= 4 is 36.8 Å². The highest BCUT2D eigenvalue weighted by Crippen LogP contribution is 2.23. The number of aromatic nitrogens is 2. The number of benzene rings is 2. The average Bonchev–Trinajstić information content (AvgIpc) is 3.35. The Labute approximate surface area is 275 Å². The predicted octanol–water partition coefficient (Wildman–Crippen LogP) is 6.51. The molecule has 10 nitrogen and oxygen atoms in total. The highest BCUT2D eigenvalue weighted by atomic mass is 28.3. The molecule has 0 radical (unpaired) electrons. The number of hydrogen-bond donors (Lipinski definition) is 0. The Morgan fingerprint density at radius 2 is 1.65 bits per heavy atom. The Balaban J connectivity index is 1.42. The topological polar surface area (TPSA) is 89.4 Å². The Hall–Kier alpha value is -3.57. The van der Waals surface area contributed by atoms with Crippen LogP contribution in [0, 0.1) is 0 Å². The molecule has 0 N–H and O–H groups in total. The van der Waals surface area contributed by atoms with E-state index in [9.17, 15) is 9.59 Å². The number of carbonyl (C=O) groups is 2. The fourth-order valence-corrected chi connectivity index (χ4v) is 5.94. The lowest BCUT2D eigenvalue weighted by Gasteiger charge is -2.35. The van der Waals surface area contributed by atoms with Crippen molar-refractivity contribution in [2.24, 2.45) is 0 Å². The fourth-order valence-electron chi connectivity index (χ4n) is 5.18. The first-order chi connectivity index (χ1) is 21.7. The van der Waals surface area contributed by atoms with E-state index in [0.717, 1.165) is 47.8 Å². The molecule has 4 rings (SSSR count). The van der Waals surface area contributed by atoms with Gasteiger partial charge in [-0.05, 0) is 75.9 Å². The zero-order valence-corrected chi connectivity index (χ0v) is 30.1. The van der Waals surface area contributed by atoms with Crippen LogP contribution in [0.5, 0.6) is 5.75 Å². The second-order valence-corrected chi connectivity index (χ2v) is 20.1. The maximum Gasteiger partial charge on any atom is 0.410 e. The molecule has 2 heterocycles. The number of imidazole rings is 1. The van der Waals surface area contributed by atoms with Gasteiger partial charge in [0.25, 0.3) is 5.91 Å². The molecule has 1 saturated heterocycles. The lowest BCUT2D eigenvalue weighted by Crippen LogP contribution is -2.52. The van der Waals surface area contributed by atoms with Crippen molar-refractivity contribution in [3.63, 3.8) is 0 Å². The molecule has 2 amide bonds. The summed E-state index contributed by atoms with van der Waals surface area (Å²) in [5.41, 5.74) is 3.42. The summed E-state index contributed by atoms with van der Waals surface area (Å²) >= 11 is 0. The standard InChI is InChI=1S/C35H53N5O5Si/c1-35(2,3)45-34(42)39-19-17-38(18-20-39)33(41)32-36-30-16-15-27(24-31(30)40(32)26-43-22-23-46(6,7)8)12-9-10-21-44-29-14-11-13-28(25-29)37(4)5/h11,13-16,24-25H,9-10,12,17-23,26H2,1-8H3. The molecule has 0 spiro atoms. The van der Waals surface area contributed by atoms with E-state index < -0.39 is 13.7 Å². The summed E-state index contributed by atoms with van der Waals surface area (Å²) in [5.74, 6) is 1.11. The zero-order chi connectivity index (χ0) is 33.5. The van der Waals surface area contributed by atoms with Gasteiger partial charge < -0.3 is 28.9 Å². The van der Waals surface area contributed by atoms with E-state index in [-0.39, 0.29) is 18.7 Å². The molecule has 252 valence electrons. The third-order valence-corrected chi connectivity index (χ3v) is 9.61. The third kappa shape index (κ3) is 10.2. The highest BCUT2D eigenvalue weighted by molar-refractivity contribution is 6.76. The van der Waals surface area contributed by atoms with Crippen LogP contribution in [0.3, 0.4) is 0 Å². The number of hydrogen-bond acceptors (Lipinski definition) is 7. The highest BCUT2D eigenvalue weighted by Gasteiger charge is 2.30. The van der Waals surface area contributed by atoms with Gasteiger partial charge in [-0.1, -0.05) is 31.8 Å². The van der Waals surface area contributed by atoms with Crippen molar-refractivity contribution in [3.05, 3.63) is 53.9 Å². The largest absolute Gasteiger partial charge is 0.494 e. The maximum atomic E-state index is 13.8. The van der Waals surface area contributed by atoms with Crippen LogP contribution in [-0.4, -0.2) is 98.5 Å². The molecule has 0 aliphatic carbocycles. The summed E-state index contributed by atoms with van der Waals surface area (Å²) < 4.78 is 19.6. The predicted molar refractivity (Wildman–Crippen MR) is 187 cm³/mol. The quantitative estimate of drug-likeness (QED) is 0.154. The maximum absolute atomic E-state index is 13.8. The third-order valence-electron chi connectivity index (χ3n) is 7.90. The first-order valence-corrected chi connectivity index (χ1v) is 20.2. The first kappa shape index (κ1) is 35.3. The van der Waals surface area contributed by atoms with E-state index in [1.54, 1.807) is 9.80 Å². The van der Waals surface area contributed by atoms with Crippen LogP contribution in [0.1, 0.15) is 49.8 Å². The van der Waals surface area contributed by atoms with E-state index >= 15 is 0 Å². The number of piperazine rings is 1. The Morgan fingerprint density at radius 1 is 0.935 bits per heavy atom. The number of aryl methyl sites for hydroxylation is 1. The SMILES string of the molecule is CN(C)c1cccc(OCCCCc2ccc3nc(C(=O)N4CCN(C(=O)OC(C)(C)C)CC4)n(COCC[Si](C)(C)C)c3c2)c1. The normalized spacial score (nSPS) is 14.1. The number of anilines is 1. The average molecular weight is 652 g/mol. The van der Waals surface area contributed by atoms with E-state index in [4.69, 9.17) is 19.2 Å². The number of unbranched alkanes of at least 4 members (excludes halogenated alkanes) is 1. The lowest BCUT2D eigenvalue weighted by atomic mass is 10.1. The molecule has 1 fully saturated rings. The molecule has 0 atom stereocenters. The van der Waals surface area contributed by atoms with E-state index in [2.05, 4.69) is 48.8 Å². The molecule has 1 aromatic heterocycles. The first-order valence-electron chi connectivity index (χ1n) is 16.4. The van der Waals surface area contributed by atoms with Gasteiger partial charge >= 0.3 is 6.09 Å². The fraction of sp³-hybridized carbons (Fsp3) is 0.571. The summed E-state index contributed by atoms with van der Waals surface area (Å²) in [4.78, 5) is 36.7. The van der Waals surface area contributed by atoms with Crippen LogP contribution >= 0.6 is 0 Å². The lowest BCUT2D eigenvalue weighted by molar-refractivity contribution is 0.0136. The molecule has 1 aliphatic rings. The minimum absolute atomic E-state index is 0.147. The van der Waals surface area contributed by atoms with E-state index in [1.807, 2.05) is 57.6 Å². The number of ether oxygens (including phenoxy) is 3. The van der Waals surface area contributed by atoms with Gasteiger partial charge in [-0.3, -0.25) is 9.36 Å². The monoisotopic (exact) mass is 651 g/mol. The number of rotatable bonds is 13. The smallest absolute Gasteiger partial charge is 0.410 e. The van der Waals surface area contributed by atoms with Crippen LogP contribution in [0.25, 0.3) is 11.0 Å². The summed E-state index contributed by atoms with van der Waals surface area (Å²) in [7, 11) is 2.78. The molecule has 46 heavy (non-hydrogen) atoms. The van der Waals surface area contributed by atoms with Crippen molar-refractivity contribution in [3.8, 4) is 5.75 Å². The van der Waals surface area contributed by atoms with Gasteiger partial charge in [0.05, 0.1) is 17.6 Å². The van der Waals surface area contributed by atoms with Crippen molar-refractivity contribution in [2.75, 3.05) is 58.4 Å². The summed E-state index contributed by atoms with van der Waals surface area (Å²) in [6.45, 7) is 15.8. The minimum atomic E-state index is -1.27. The van der Waals surface area contributed by atoms with Crippen LogP contribution < -0.4 is 9.64 Å². The Kier molecular flexibility index (Phi) is 11.8. The number of fused-ring (bicyclic) bond motifs is 1. The molecule has 0 unspecified atom stereocenters. The van der Waals surface area contributed by atoms with E-state index in [1.165, 1.54) is 5.56 Å². The second kappa shape index (κ2) is 15.3. The van der Waals surface area contributed by atoms with Gasteiger partial charge in [0.15, 0.2) is 0 Å². The molecule has 3 aromatic rings. The minimum Gasteiger partial charge on any atom is -0.494 e. The molecular formula is C35H53N5O5Si. The Bertz CT molecular complexity index is 1470. The van der Waals surface area contributed by atoms with Crippen LogP contribution in [0.2, 0.25) is 25.7 Å². The van der Waals surface area contributed by atoms with Crippen molar-refractivity contribution < 1.29 is 23.8 Å². The van der Waals surface area contributed by atoms with Crippen LogP contribution in [-0.2, 0) is 22.6 Å². The van der Waals surface area contributed by atoms with Crippen molar-refractivity contribution in [2.45, 2.75) is 78.1 Å². The van der Waals surface area contributed by atoms with Crippen molar-refractivity contribution in [1.82, 2.24) is 19.4 Å². The summed E-state index contributed by atoms with van der Waals surface area (Å²) in [6.07, 6.45) is 2.46. The van der Waals surface area contributed by atoms with Gasteiger partial charge in [-0.15, -0.1) is 0 Å². The summed E-state index contributed by atoms with van der Waals surface area (Å²) in [6, 6.07) is 15.4. The van der Waals surface area contributed by atoms with Crippen molar-refractivity contribution in [1.29, 1.82) is 0 Å². The van der Waals surface area contributed by atoms with Gasteiger partial charge in [-0.25, -0.2) is 9.78 Å². The van der Waals surface area contributed by atoms with Crippen LogP contribution in [0.4, 0.5) is 10.5 Å². The molecule has 2 aromatic carbocycles. The molecule has 1 aliphatic heterocycles. The number of nitrogens with zero attached hydrogens (tertiary/aromatic N) is 5. The molecule has 11 heteroatoms.